The van der Waals surface area contributed by atoms with E-state index in [4.69, 9.17) is 33.2 Å². The van der Waals surface area contributed by atoms with Gasteiger partial charge in [0, 0.05) is 7.11 Å². The normalized spacial score (nSPS) is 31.9. The molecule has 0 saturated carbocycles. The van der Waals surface area contributed by atoms with Crippen molar-refractivity contribution >= 4 is 0 Å². The van der Waals surface area contributed by atoms with Crippen LogP contribution < -0.4 is 0 Å². The van der Waals surface area contributed by atoms with Crippen molar-refractivity contribution in [3.8, 4) is 0 Å². The summed E-state index contributed by atoms with van der Waals surface area (Å²) in [5.74, 6) is 0. The Labute approximate surface area is 262 Å². The molecule has 4 N–H and O–H groups in total. The zero-order valence-electron chi connectivity index (χ0n) is 25.1. The summed E-state index contributed by atoms with van der Waals surface area (Å²) < 4.78 is 43.2. The molecule has 2 saturated heterocycles. The average molecular weight is 627 g/mol. The number of ether oxygens (including phenoxy) is 7. The molecule has 3 aromatic rings. The largest absolute Gasteiger partial charge is 0.394 e. The van der Waals surface area contributed by atoms with Gasteiger partial charge in [-0.05, 0) is 16.7 Å². The lowest BCUT2D eigenvalue weighted by Crippen LogP contribution is -2.65. The van der Waals surface area contributed by atoms with Crippen LogP contribution in [0.25, 0.3) is 0 Å². The number of rotatable bonds is 14. The van der Waals surface area contributed by atoms with E-state index < -0.39 is 68.0 Å². The quantitative estimate of drug-likeness (QED) is 0.208. The van der Waals surface area contributed by atoms with Crippen molar-refractivity contribution in [2.24, 2.45) is 0 Å². The van der Waals surface area contributed by atoms with E-state index in [9.17, 15) is 20.4 Å². The van der Waals surface area contributed by atoms with Gasteiger partial charge in [-0.25, -0.2) is 0 Å². The van der Waals surface area contributed by atoms with Crippen LogP contribution in [0.15, 0.2) is 91.0 Å². The van der Waals surface area contributed by atoms with Gasteiger partial charge in [-0.2, -0.15) is 0 Å². The summed E-state index contributed by atoms with van der Waals surface area (Å²) in [5.41, 5.74) is 2.79. The molecule has 3 aromatic carbocycles. The maximum atomic E-state index is 10.9. The summed E-state index contributed by atoms with van der Waals surface area (Å²) in [5, 5.41) is 41.5. The monoisotopic (exact) mass is 626 g/mol. The second-order valence-corrected chi connectivity index (χ2v) is 11.1. The number of aliphatic hydroxyl groups is 4. The fraction of sp³-hybridized carbons (Fsp3) is 0.471. The predicted molar refractivity (Wildman–Crippen MR) is 160 cm³/mol. The van der Waals surface area contributed by atoms with Gasteiger partial charge in [0.1, 0.15) is 48.8 Å². The summed E-state index contributed by atoms with van der Waals surface area (Å²) >= 11 is 0. The van der Waals surface area contributed by atoms with Crippen molar-refractivity contribution in [2.45, 2.75) is 81.2 Å². The van der Waals surface area contributed by atoms with E-state index in [-0.39, 0.29) is 19.8 Å². The van der Waals surface area contributed by atoms with Crippen molar-refractivity contribution in [2.75, 3.05) is 20.3 Å². The minimum atomic E-state index is -1.64. The number of aliphatic hydroxyl groups excluding tert-OH is 4. The molecule has 0 aliphatic carbocycles. The van der Waals surface area contributed by atoms with Gasteiger partial charge in [-0.3, -0.25) is 0 Å². The average Bonchev–Trinajstić information content (AvgIpc) is 3.08. The molecule has 0 bridgehead atoms. The molecule has 0 aromatic heterocycles. The van der Waals surface area contributed by atoms with E-state index in [1.54, 1.807) is 0 Å². The van der Waals surface area contributed by atoms with Crippen LogP contribution in [0.2, 0.25) is 0 Å². The number of benzene rings is 3. The third kappa shape index (κ3) is 8.73. The van der Waals surface area contributed by atoms with Gasteiger partial charge in [0.05, 0.1) is 33.0 Å². The highest BCUT2D eigenvalue weighted by molar-refractivity contribution is 5.15. The first-order valence-electron chi connectivity index (χ1n) is 15.1. The van der Waals surface area contributed by atoms with E-state index >= 15 is 0 Å². The number of hydrogen-bond acceptors (Lipinski definition) is 11. The van der Waals surface area contributed by atoms with Crippen LogP contribution >= 0.6 is 0 Å². The first-order chi connectivity index (χ1) is 22.0. The molecular formula is C34H42O11. The van der Waals surface area contributed by atoms with E-state index in [0.29, 0.717) is 6.61 Å². The van der Waals surface area contributed by atoms with Crippen LogP contribution in [-0.2, 0) is 53.0 Å². The molecule has 0 unspecified atom stereocenters. The SMILES string of the molecule is CO[C@H]1O[C@H](COCc2ccccc2)[C@@H](OCc2ccccc2)[C@H](O[C@@H]2O[C@H](CO)[C@@H](O)[C@H](O)[C@H]2O)[C@H]1OCc1ccccc1. The lowest BCUT2D eigenvalue weighted by atomic mass is 9.96. The Kier molecular flexibility index (Phi) is 12.4. The Morgan fingerprint density at radius 3 is 1.62 bits per heavy atom. The van der Waals surface area contributed by atoms with Gasteiger partial charge < -0.3 is 53.6 Å². The van der Waals surface area contributed by atoms with Crippen molar-refractivity contribution in [3.05, 3.63) is 108 Å². The number of hydrogen-bond donors (Lipinski definition) is 4. The molecule has 244 valence electrons. The standard InChI is InChI=1S/C34H42O11/c1-39-34-32(42-20-24-15-9-4-10-16-24)31(45-33-29(38)28(37)27(36)25(17-35)43-33)30(41-19-23-13-7-3-8-14-23)26(44-34)21-40-18-22-11-5-2-6-12-22/h2-16,25-38H,17-21H2,1H3/t25-,26-,27-,28+,29-,30-,31+,32-,33+,34+/m1/s1. The second-order valence-electron chi connectivity index (χ2n) is 11.1. The van der Waals surface area contributed by atoms with Crippen LogP contribution in [0.3, 0.4) is 0 Å². The molecule has 2 aliphatic rings. The van der Waals surface area contributed by atoms with Crippen molar-refractivity contribution in [3.63, 3.8) is 0 Å². The summed E-state index contributed by atoms with van der Waals surface area (Å²) in [7, 11) is 1.49. The molecule has 2 fully saturated rings. The lowest BCUT2D eigenvalue weighted by molar-refractivity contribution is -0.368. The third-order valence-electron chi connectivity index (χ3n) is 7.93. The molecule has 0 spiro atoms. The molecule has 45 heavy (non-hydrogen) atoms. The lowest BCUT2D eigenvalue weighted by Gasteiger charge is -2.48. The summed E-state index contributed by atoms with van der Waals surface area (Å²) in [6, 6.07) is 28.8. The maximum absolute atomic E-state index is 10.9. The second kappa shape index (κ2) is 16.7. The minimum Gasteiger partial charge on any atom is -0.394 e. The van der Waals surface area contributed by atoms with Crippen LogP contribution in [0.1, 0.15) is 16.7 Å². The Balaban J connectivity index is 1.44. The first kappa shape index (κ1) is 33.6. The topological polar surface area (TPSA) is 146 Å². The van der Waals surface area contributed by atoms with Crippen LogP contribution in [-0.4, -0.2) is 102 Å². The van der Waals surface area contributed by atoms with Gasteiger partial charge in [0.25, 0.3) is 0 Å². The van der Waals surface area contributed by atoms with E-state index in [2.05, 4.69) is 0 Å². The Hall–Kier alpha value is -2.78. The summed E-state index contributed by atoms with van der Waals surface area (Å²) in [4.78, 5) is 0. The van der Waals surface area contributed by atoms with Crippen molar-refractivity contribution in [1.29, 1.82) is 0 Å². The minimum absolute atomic E-state index is 0.105. The smallest absolute Gasteiger partial charge is 0.187 e. The fourth-order valence-electron chi connectivity index (χ4n) is 5.47. The van der Waals surface area contributed by atoms with Gasteiger partial charge in [-0.1, -0.05) is 91.0 Å². The molecule has 2 heterocycles. The fourth-order valence-corrected chi connectivity index (χ4v) is 5.47. The van der Waals surface area contributed by atoms with Gasteiger partial charge >= 0.3 is 0 Å². The highest BCUT2D eigenvalue weighted by Crippen LogP contribution is 2.33. The Morgan fingerprint density at radius 2 is 1.09 bits per heavy atom. The predicted octanol–water partition coefficient (Wildman–Crippen LogP) is 1.93. The molecule has 2 aliphatic heterocycles. The molecule has 11 nitrogen and oxygen atoms in total. The zero-order valence-corrected chi connectivity index (χ0v) is 25.1. The van der Waals surface area contributed by atoms with Gasteiger partial charge in [-0.15, -0.1) is 0 Å². The number of methoxy groups -OCH3 is 1. The highest BCUT2D eigenvalue weighted by atomic mass is 16.7. The molecule has 11 heteroatoms. The summed E-state index contributed by atoms with van der Waals surface area (Å²) in [6.07, 6.45) is -11.8. The molecule has 0 radical (unpaired) electrons. The van der Waals surface area contributed by atoms with Crippen LogP contribution in [0.5, 0.6) is 0 Å². The highest BCUT2D eigenvalue weighted by Gasteiger charge is 2.52. The van der Waals surface area contributed by atoms with E-state index in [1.807, 2.05) is 91.0 Å². The van der Waals surface area contributed by atoms with Gasteiger partial charge in [0.15, 0.2) is 12.6 Å². The Morgan fingerprint density at radius 1 is 0.578 bits per heavy atom. The molecule has 5 rings (SSSR count). The Bertz CT molecular complexity index is 1250. The molecule has 10 atom stereocenters. The van der Waals surface area contributed by atoms with Crippen LogP contribution in [0.4, 0.5) is 0 Å². The van der Waals surface area contributed by atoms with E-state index in [0.717, 1.165) is 16.7 Å². The molecule has 0 amide bonds. The summed E-state index contributed by atoms with van der Waals surface area (Å²) in [6.45, 7) is 0.215. The zero-order chi connectivity index (χ0) is 31.6. The molecular weight excluding hydrogens is 584 g/mol. The van der Waals surface area contributed by atoms with Gasteiger partial charge in [0.2, 0.25) is 0 Å². The van der Waals surface area contributed by atoms with Crippen molar-refractivity contribution < 1.29 is 53.6 Å². The van der Waals surface area contributed by atoms with Crippen molar-refractivity contribution in [1.82, 2.24) is 0 Å². The maximum Gasteiger partial charge on any atom is 0.187 e. The first-order valence-corrected chi connectivity index (χ1v) is 15.1. The van der Waals surface area contributed by atoms with Crippen LogP contribution in [0, 0.1) is 0 Å². The third-order valence-corrected chi connectivity index (χ3v) is 7.93. The van der Waals surface area contributed by atoms with E-state index in [1.165, 1.54) is 7.11 Å².